The fraction of sp³-hybridized carbons (Fsp3) is 0.500. The van der Waals surface area contributed by atoms with Crippen molar-refractivity contribution in [1.82, 2.24) is 0 Å². The van der Waals surface area contributed by atoms with Gasteiger partial charge in [-0.15, -0.1) is 0 Å². The average molecular weight is 328 g/mol. The molecule has 1 aromatic carbocycles. The van der Waals surface area contributed by atoms with Crippen molar-refractivity contribution in [3.63, 3.8) is 0 Å². The Balaban J connectivity index is 0.000000515. The SMILES string of the molecule is COCCc1ccc(OCC(C)O)cc1.O=C(O)CCC(=O)O. The normalized spacial score (nSPS) is 11.1. The molecule has 0 aliphatic carbocycles. The van der Waals surface area contributed by atoms with Crippen LogP contribution in [-0.2, 0) is 20.7 Å². The predicted octanol–water partition coefficient (Wildman–Crippen LogP) is 1.57. The van der Waals surface area contributed by atoms with E-state index in [-0.39, 0.29) is 12.8 Å². The average Bonchev–Trinajstić information content (AvgIpc) is 2.50. The topological polar surface area (TPSA) is 113 Å². The van der Waals surface area contributed by atoms with E-state index in [1.807, 2.05) is 24.3 Å². The first-order valence-corrected chi connectivity index (χ1v) is 7.17. The van der Waals surface area contributed by atoms with Crippen molar-refractivity contribution in [2.75, 3.05) is 20.3 Å². The molecule has 1 rings (SSSR count). The van der Waals surface area contributed by atoms with Crippen LogP contribution in [0.5, 0.6) is 5.75 Å². The Morgan fingerprint density at radius 1 is 1.09 bits per heavy atom. The third-order valence-electron chi connectivity index (χ3n) is 2.56. The maximum atomic E-state index is 9.64. The molecule has 130 valence electrons. The Morgan fingerprint density at radius 3 is 2.00 bits per heavy atom. The van der Waals surface area contributed by atoms with Crippen LogP contribution in [-0.4, -0.2) is 53.7 Å². The van der Waals surface area contributed by atoms with Gasteiger partial charge in [0.1, 0.15) is 12.4 Å². The molecule has 7 heteroatoms. The molecule has 0 spiro atoms. The second-order valence-electron chi connectivity index (χ2n) is 4.83. The Bertz CT molecular complexity index is 440. The molecule has 0 saturated carbocycles. The molecular weight excluding hydrogens is 304 g/mol. The first-order chi connectivity index (χ1) is 10.8. The highest BCUT2D eigenvalue weighted by atomic mass is 16.5. The lowest BCUT2D eigenvalue weighted by molar-refractivity contribution is -0.143. The molecule has 23 heavy (non-hydrogen) atoms. The summed E-state index contributed by atoms with van der Waals surface area (Å²) in [5.74, 6) is -1.36. The van der Waals surface area contributed by atoms with Gasteiger partial charge in [-0.3, -0.25) is 9.59 Å². The van der Waals surface area contributed by atoms with Gasteiger partial charge in [-0.05, 0) is 31.0 Å². The second-order valence-corrected chi connectivity index (χ2v) is 4.83. The number of rotatable bonds is 9. The fourth-order valence-electron chi connectivity index (χ4n) is 1.40. The minimum Gasteiger partial charge on any atom is -0.491 e. The van der Waals surface area contributed by atoms with Gasteiger partial charge >= 0.3 is 11.9 Å². The lowest BCUT2D eigenvalue weighted by Gasteiger charge is -2.08. The molecule has 1 atom stereocenters. The van der Waals surface area contributed by atoms with Crippen molar-refractivity contribution in [2.24, 2.45) is 0 Å². The van der Waals surface area contributed by atoms with Crippen LogP contribution in [0.1, 0.15) is 25.3 Å². The van der Waals surface area contributed by atoms with Crippen molar-refractivity contribution in [2.45, 2.75) is 32.3 Å². The molecule has 0 heterocycles. The number of carbonyl (C=O) groups is 2. The van der Waals surface area contributed by atoms with E-state index in [4.69, 9.17) is 24.8 Å². The molecule has 0 amide bonds. The molecule has 0 bridgehead atoms. The van der Waals surface area contributed by atoms with E-state index < -0.39 is 18.0 Å². The van der Waals surface area contributed by atoms with Gasteiger partial charge in [0.25, 0.3) is 0 Å². The van der Waals surface area contributed by atoms with Gasteiger partial charge in [-0.2, -0.15) is 0 Å². The summed E-state index contributed by atoms with van der Waals surface area (Å²) in [6, 6.07) is 7.84. The Hall–Kier alpha value is -2.12. The summed E-state index contributed by atoms with van der Waals surface area (Å²) >= 11 is 0. The van der Waals surface area contributed by atoms with Gasteiger partial charge in [-0.25, -0.2) is 0 Å². The van der Waals surface area contributed by atoms with Crippen LogP contribution >= 0.6 is 0 Å². The van der Waals surface area contributed by atoms with Crippen molar-refractivity contribution in [3.05, 3.63) is 29.8 Å². The second kappa shape index (κ2) is 12.4. The van der Waals surface area contributed by atoms with Crippen molar-refractivity contribution < 1.29 is 34.4 Å². The number of carboxylic acids is 2. The molecule has 1 aromatic rings. The van der Waals surface area contributed by atoms with Gasteiger partial charge in [0.15, 0.2) is 0 Å². The third-order valence-corrected chi connectivity index (χ3v) is 2.56. The van der Waals surface area contributed by atoms with Crippen LogP contribution < -0.4 is 4.74 Å². The number of aliphatic hydroxyl groups is 1. The minimum absolute atomic E-state index is 0.296. The minimum atomic E-state index is -1.08. The quantitative estimate of drug-likeness (QED) is 0.630. The number of aliphatic hydroxyl groups excluding tert-OH is 1. The predicted molar refractivity (Wildman–Crippen MR) is 83.7 cm³/mol. The molecule has 0 aliphatic heterocycles. The molecule has 3 N–H and O–H groups in total. The third kappa shape index (κ3) is 13.3. The Labute approximate surface area is 135 Å². The van der Waals surface area contributed by atoms with Crippen LogP contribution in [0.4, 0.5) is 0 Å². The lowest BCUT2D eigenvalue weighted by atomic mass is 10.1. The number of hydrogen-bond acceptors (Lipinski definition) is 5. The highest BCUT2D eigenvalue weighted by molar-refractivity contribution is 5.75. The summed E-state index contributed by atoms with van der Waals surface area (Å²) in [6.45, 7) is 2.76. The van der Waals surface area contributed by atoms with E-state index in [1.54, 1.807) is 14.0 Å². The highest BCUT2D eigenvalue weighted by Gasteiger charge is 2.00. The number of benzene rings is 1. The van der Waals surface area contributed by atoms with Gasteiger partial charge in [0, 0.05) is 7.11 Å². The first kappa shape index (κ1) is 20.9. The van der Waals surface area contributed by atoms with E-state index in [0.29, 0.717) is 6.61 Å². The van der Waals surface area contributed by atoms with Crippen LogP contribution in [0.25, 0.3) is 0 Å². The molecule has 0 radical (unpaired) electrons. The zero-order valence-electron chi connectivity index (χ0n) is 13.4. The van der Waals surface area contributed by atoms with E-state index in [1.165, 1.54) is 5.56 Å². The highest BCUT2D eigenvalue weighted by Crippen LogP contribution is 2.12. The Kier molecular flexibility index (Phi) is 11.3. The summed E-state index contributed by atoms with van der Waals surface area (Å²) in [5, 5.41) is 24.8. The van der Waals surface area contributed by atoms with Gasteiger partial charge in [0.2, 0.25) is 0 Å². The molecule has 0 saturated heterocycles. The zero-order chi connectivity index (χ0) is 17.7. The van der Waals surface area contributed by atoms with Crippen LogP contribution in [0.15, 0.2) is 24.3 Å². The summed E-state index contributed by atoms with van der Waals surface area (Å²) < 4.78 is 10.3. The standard InChI is InChI=1S/C12H18O3.C4H6O4/c1-10(13)9-15-12-5-3-11(4-6-12)7-8-14-2;5-3(6)1-2-4(7)8/h3-6,10,13H,7-9H2,1-2H3;1-2H2,(H,5,6)(H,7,8). The molecule has 0 fully saturated rings. The van der Waals surface area contributed by atoms with Gasteiger partial charge in [0.05, 0.1) is 25.6 Å². The van der Waals surface area contributed by atoms with Crippen LogP contribution in [0.2, 0.25) is 0 Å². The van der Waals surface area contributed by atoms with Gasteiger partial charge in [-0.1, -0.05) is 12.1 Å². The van der Waals surface area contributed by atoms with Crippen LogP contribution in [0.3, 0.4) is 0 Å². The number of methoxy groups -OCH3 is 1. The molecular formula is C16H24O7. The number of carboxylic acid groups (broad SMARTS) is 2. The molecule has 7 nitrogen and oxygen atoms in total. The maximum absolute atomic E-state index is 9.64. The zero-order valence-corrected chi connectivity index (χ0v) is 13.4. The van der Waals surface area contributed by atoms with Gasteiger partial charge < -0.3 is 24.8 Å². The van der Waals surface area contributed by atoms with Crippen molar-refractivity contribution >= 4 is 11.9 Å². The fourth-order valence-corrected chi connectivity index (χ4v) is 1.40. The summed E-state index contributed by atoms with van der Waals surface area (Å²) in [7, 11) is 1.69. The summed E-state index contributed by atoms with van der Waals surface area (Å²) in [4.78, 5) is 19.3. The summed E-state index contributed by atoms with van der Waals surface area (Å²) in [6.07, 6.45) is -0.115. The van der Waals surface area contributed by atoms with E-state index >= 15 is 0 Å². The van der Waals surface area contributed by atoms with Crippen LogP contribution in [0, 0.1) is 0 Å². The summed E-state index contributed by atoms with van der Waals surface area (Å²) in [5.41, 5.74) is 1.22. The van der Waals surface area contributed by atoms with Crippen molar-refractivity contribution in [3.8, 4) is 5.75 Å². The number of aliphatic carboxylic acids is 2. The smallest absolute Gasteiger partial charge is 0.303 e. The molecule has 0 aromatic heterocycles. The Morgan fingerprint density at radius 2 is 1.61 bits per heavy atom. The molecule has 1 unspecified atom stereocenters. The monoisotopic (exact) mass is 328 g/mol. The van der Waals surface area contributed by atoms with Crippen molar-refractivity contribution in [1.29, 1.82) is 0 Å². The number of hydrogen-bond donors (Lipinski definition) is 3. The van der Waals surface area contributed by atoms with E-state index in [9.17, 15) is 9.59 Å². The lowest BCUT2D eigenvalue weighted by Crippen LogP contribution is -2.12. The first-order valence-electron chi connectivity index (χ1n) is 7.17. The maximum Gasteiger partial charge on any atom is 0.303 e. The van der Waals surface area contributed by atoms with E-state index in [2.05, 4.69) is 0 Å². The largest absolute Gasteiger partial charge is 0.491 e. The molecule has 0 aliphatic rings. The van der Waals surface area contributed by atoms with E-state index in [0.717, 1.165) is 18.8 Å². The number of ether oxygens (including phenoxy) is 2.